The van der Waals surface area contributed by atoms with Crippen molar-refractivity contribution in [3.8, 4) is 11.1 Å². The van der Waals surface area contributed by atoms with Crippen LogP contribution in [0.25, 0.3) is 11.1 Å². The Labute approximate surface area is 292 Å². The van der Waals surface area contributed by atoms with Crippen LogP contribution in [0, 0.1) is 5.92 Å². The molecule has 0 unspecified atom stereocenters. The van der Waals surface area contributed by atoms with E-state index in [4.69, 9.17) is 15.7 Å². The molecule has 0 bridgehead atoms. The van der Waals surface area contributed by atoms with Crippen LogP contribution in [-0.2, 0) is 26.5 Å². The summed E-state index contributed by atoms with van der Waals surface area (Å²) in [6.07, 6.45) is 4.54. The number of para-hydroxylation sites is 1. The van der Waals surface area contributed by atoms with E-state index in [-0.39, 0.29) is 45.4 Å². The number of nitrogens with one attached hydrogen (secondary N) is 3. The first-order chi connectivity index (χ1) is 23.7. The van der Waals surface area contributed by atoms with Gasteiger partial charge in [0, 0.05) is 74.2 Å². The van der Waals surface area contributed by atoms with Crippen molar-refractivity contribution in [2.75, 3.05) is 42.4 Å². The van der Waals surface area contributed by atoms with Gasteiger partial charge in [0.05, 0.1) is 43.4 Å². The van der Waals surface area contributed by atoms with Crippen LogP contribution in [0.1, 0.15) is 52.0 Å². The van der Waals surface area contributed by atoms with Crippen molar-refractivity contribution in [1.29, 1.82) is 0 Å². The number of fused-ring (bicyclic) bond motifs is 3. The number of carbonyl (C=O) groups excluding carboxylic acids is 3. The maximum Gasteiger partial charge on any atom is 0.273 e. The number of hydrogen-bond donors (Lipinski definition) is 3. The van der Waals surface area contributed by atoms with E-state index >= 15 is 0 Å². The average Bonchev–Trinajstić information content (AvgIpc) is 3.97. The Morgan fingerprint density at radius 3 is 2.50 bits per heavy atom. The standard InChI is InChI=1S/C33H33B2N9O5S/c1-5-50(48,49)20-11-12-37-26(14-20)33(34,35)44(4)32(47)25-13-19-17-43(3)29-21(22(19)16-38-25)7-6-8-23(29)39-24-15-27(40-30(45)18-9-10-18)41-42-28(24)31(46)36-2/h6-8,11-16,18H,5,9-10,17H2,1-4H3,(H,36,46)(H2,39,40,41,45). The number of hydrogen-bond acceptors (Lipinski definition) is 11. The molecule has 0 saturated heterocycles. The van der Waals surface area contributed by atoms with E-state index in [2.05, 4.69) is 36.1 Å². The maximum absolute atomic E-state index is 13.7. The van der Waals surface area contributed by atoms with Crippen LogP contribution in [0.2, 0.25) is 0 Å². The zero-order chi connectivity index (χ0) is 36.0. The number of rotatable bonds is 10. The summed E-state index contributed by atoms with van der Waals surface area (Å²) in [6.45, 7) is 1.91. The SMILES string of the molecule is [B]C([B])(c1cc(S(=O)(=O)CC)ccn1)N(C)C(=O)c1cc2c(cn1)-c1cccc(Nc3cc(NC(=O)C4CC4)nnc3C(=O)NC)c1N(C)C2. The summed E-state index contributed by atoms with van der Waals surface area (Å²) in [5.41, 5.74) is 4.33. The van der Waals surface area contributed by atoms with Crippen molar-refractivity contribution in [2.24, 2.45) is 5.92 Å². The van der Waals surface area contributed by atoms with E-state index in [1.54, 1.807) is 18.3 Å². The summed E-state index contributed by atoms with van der Waals surface area (Å²) in [6, 6.07) is 11.5. The van der Waals surface area contributed by atoms with Gasteiger partial charge in [0.25, 0.3) is 11.8 Å². The minimum atomic E-state index is -3.57. The van der Waals surface area contributed by atoms with Crippen molar-refractivity contribution in [3.63, 3.8) is 0 Å². The second-order valence-electron chi connectivity index (χ2n) is 12.2. The quantitative estimate of drug-likeness (QED) is 0.208. The first-order valence-corrected chi connectivity index (χ1v) is 17.5. The molecular formula is C33H33B2N9O5S. The molecule has 4 aromatic rings. The fourth-order valence-corrected chi connectivity index (χ4v) is 6.54. The predicted octanol–water partition coefficient (Wildman–Crippen LogP) is 2.35. The highest BCUT2D eigenvalue weighted by Crippen LogP contribution is 2.44. The van der Waals surface area contributed by atoms with Crippen LogP contribution in [0.5, 0.6) is 0 Å². The molecule has 1 aromatic carbocycles. The molecule has 252 valence electrons. The van der Waals surface area contributed by atoms with Crippen molar-refractivity contribution >= 4 is 66.1 Å². The van der Waals surface area contributed by atoms with Gasteiger partial charge in [-0.2, -0.15) is 0 Å². The van der Waals surface area contributed by atoms with E-state index in [9.17, 15) is 22.8 Å². The minimum absolute atomic E-state index is 0.000534. The van der Waals surface area contributed by atoms with Crippen LogP contribution in [0.15, 0.2) is 59.8 Å². The second-order valence-corrected chi connectivity index (χ2v) is 14.5. The highest BCUT2D eigenvalue weighted by Gasteiger charge is 2.34. The van der Waals surface area contributed by atoms with Crippen molar-refractivity contribution < 1.29 is 22.8 Å². The van der Waals surface area contributed by atoms with Gasteiger partial charge in [-0.1, -0.05) is 19.1 Å². The minimum Gasteiger partial charge on any atom is -0.368 e. The number of sulfone groups is 1. The fourth-order valence-electron chi connectivity index (χ4n) is 5.65. The molecule has 3 amide bonds. The van der Waals surface area contributed by atoms with Gasteiger partial charge in [-0.25, -0.2) is 8.42 Å². The topological polar surface area (TPSA) is 179 Å². The third-order valence-electron chi connectivity index (χ3n) is 8.77. The molecular weight excluding hydrogens is 656 g/mol. The van der Waals surface area contributed by atoms with E-state index in [0.29, 0.717) is 17.9 Å². The zero-order valence-corrected chi connectivity index (χ0v) is 28.7. The lowest BCUT2D eigenvalue weighted by molar-refractivity contribution is -0.117. The lowest BCUT2D eigenvalue weighted by Gasteiger charge is -2.37. The summed E-state index contributed by atoms with van der Waals surface area (Å²) in [5.74, 6) is -1.13. The van der Waals surface area contributed by atoms with Gasteiger partial charge in [-0.05, 0) is 42.7 Å². The van der Waals surface area contributed by atoms with Crippen LogP contribution in [0.4, 0.5) is 22.9 Å². The molecule has 1 saturated carbocycles. The number of amides is 3. The Balaban J connectivity index is 1.30. The molecule has 4 heterocycles. The molecule has 14 nitrogen and oxygen atoms in total. The Morgan fingerprint density at radius 2 is 1.80 bits per heavy atom. The van der Waals surface area contributed by atoms with Gasteiger partial charge in [0.15, 0.2) is 21.3 Å². The largest absolute Gasteiger partial charge is 0.368 e. The third-order valence-corrected chi connectivity index (χ3v) is 10.5. The van der Waals surface area contributed by atoms with Crippen molar-refractivity contribution in [1.82, 2.24) is 30.4 Å². The molecule has 1 aliphatic heterocycles. The van der Waals surface area contributed by atoms with E-state index in [1.165, 1.54) is 39.3 Å². The number of carbonyl (C=O) groups is 3. The van der Waals surface area contributed by atoms with E-state index < -0.39 is 27.0 Å². The van der Waals surface area contributed by atoms with Gasteiger partial charge in [0.1, 0.15) is 5.69 Å². The lowest BCUT2D eigenvalue weighted by Crippen LogP contribution is -2.49. The zero-order valence-electron chi connectivity index (χ0n) is 27.9. The van der Waals surface area contributed by atoms with Crippen molar-refractivity contribution in [2.45, 2.75) is 36.5 Å². The Bertz CT molecular complexity index is 2140. The summed E-state index contributed by atoms with van der Waals surface area (Å²) in [4.78, 5) is 50.5. The molecule has 3 aromatic heterocycles. The van der Waals surface area contributed by atoms with Gasteiger partial charge >= 0.3 is 0 Å². The van der Waals surface area contributed by atoms with E-state index in [0.717, 1.165) is 40.1 Å². The van der Waals surface area contributed by atoms with Gasteiger partial charge in [0.2, 0.25) is 5.91 Å². The molecule has 6 rings (SSSR count). The first-order valence-electron chi connectivity index (χ1n) is 15.8. The molecule has 50 heavy (non-hydrogen) atoms. The normalized spacial score (nSPS) is 13.9. The number of anilines is 4. The summed E-state index contributed by atoms with van der Waals surface area (Å²) >= 11 is 0. The molecule has 1 fully saturated rings. The predicted molar refractivity (Wildman–Crippen MR) is 189 cm³/mol. The summed E-state index contributed by atoms with van der Waals surface area (Å²) in [5, 5.41) is 14.8. The number of benzene rings is 1. The van der Waals surface area contributed by atoms with Gasteiger partial charge < -0.3 is 25.8 Å². The molecule has 0 atom stereocenters. The molecule has 1 aliphatic carbocycles. The second kappa shape index (κ2) is 13.2. The summed E-state index contributed by atoms with van der Waals surface area (Å²) in [7, 11) is 14.0. The van der Waals surface area contributed by atoms with Crippen LogP contribution < -0.4 is 20.9 Å². The summed E-state index contributed by atoms with van der Waals surface area (Å²) < 4.78 is 24.9. The maximum atomic E-state index is 13.7. The molecule has 2 aliphatic rings. The Hall–Kier alpha value is -5.31. The average molecular weight is 689 g/mol. The molecule has 3 N–H and O–H groups in total. The molecule has 0 spiro atoms. The van der Waals surface area contributed by atoms with Crippen molar-refractivity contribution in [3.05, 3.63) is 77.5 Å². The highest BCUT2D eigenvalue weighted by atomic mass is 32.2. The highest BCUT2D eigenvalue weighted by molar-refractivity contribution is 7.91. The third kappa shape index (κ3) is 6.52. The number of nitrogens with zero attached hydrogens (tertiary/aromatic N) is 6. The first kappa shape index (κ1) is 34.5. The molecule has 4 radical (unpaired) electrons. The lowest BCUT2D eigenvalue weighted by atomic mass is 9.58. The van der Waals surface area contributed by atoms with Crippen LogP contribution in [0.3, 0.4) is 0 Å². The Kier molecular flexibility index (Phi) is 9.12. The van der Waals surface area contributed by atoms with Crippen LogP contribution >= 0.6 is 0 Å². The van der Waals surface area contributed by atoms with E-state index in [1.807, 2.05) is 30.1 Å². The smallest absolute Gasteiger partial charge is 0.273 e. The fraction of sp³-hybridized carbons (Fsp3) is 0.303. The molecule has 17 heteroatoms. The van der Waals surface area contributed by atoms with Crippen LogP contribution in [-0.4, -0.2) is 93.8 Å². The van der Waals surface area contributed by atoms with Gasteiger partial charge in [-0.15, -0.1) is 10.2 Å². The number of pyridine rings is 2. The monoisotopic (exact) mass is 689 g/mol. The van der Waals surface area contributed by atoms with Gasteiger partial charge in [-0.3, -0.25) is 24.4 Å². The number of aromatic nitrogens is 4. The Morgan fingerprint density at radius 1 is 1.04 bits per heavy atom.